The van der Waals surface area contributed by atoms with Crippen molar-refractivity contribution in [1.29, 1.82) is 0 Å². The van der Waals surface area contributed by atoms with Crippen LogP contribution in [0.1, 0.15) is 40.0 Å². The van der Waals surface area contributed by atoms with Crippen LogP contribution in [0.5, 0.6) is 0 Å². The molecular weight excluding hydrogens is 202 g/mol. The maximum Gasteiger partial charge on any atom is 0.313 e. The third kappa shape index (κ3) is 3.78. The van der Waals surface area contributed by atoms with E-state index >= 15 is 0 Å². The van der Waals surface area contributed by atoms with E-state index in [0.717, 1.165) is 32.4 Å². The highest BCUT2D eigenvalue weighted by atomic mass is 16.5. The number of rotatable bonds is 5. The number of hydrogen-bond donors (Lipinski definition) is 0. The predicted molar refractivity (Wildman–Crippen MR) is 65.3 cm³/mol. The zero-order valence-corrected chi connectivity index (χ0v) is 11.3. The summed E-state index contributed by atoms with van der Waals surface area (Å²) in [6.07, 6.45) is 3.12. The molecule has 0 N–H and O–H groups in total. The minimum atomic E-state index is -0.179. The molecule has 1 aliphatic carbocycles. The van der Waals surface area contributed by atoms with E-state index in [4.69, 9.17) is 4.74 Å². The zero-order chi connectivity index (χ0) is 12.4. The van der Waals surface area contributed by atoms with Gasteiger partial charge in [-0.2, -0.15) is 0 Å². The number of esters is 1. The van der Waals surface area contributed by atoms with Crippen LogP contribution in [0.2, 0.25) is 0 Å². The summed E-state index contributed by atoms with van der Waals surface area (Å²) in [6.45, 7) is 8.62. The van der Waals surface area contributed by atoms with Gasteiger partial charge in [-0.15, -0.1) is 0 Å². The summed E-state index contributed by atoms with van der Waals surface area (Å²) in [5.74, 6) is -0.0323. The average Bonchev–Trinajstić information content (AvgIpc) is 2.93. The molecule has 94 valence electrons. The Kier molecular flexibility index (Phi) is 4.00. The number of carbonyl (C=O) groups is 1. The normalized spacial score (nSPS) is 18.6. The van der Waals surface area contributed by atoms with Crippen LogP contribution in [0.15, 0.2) is 0 Å². The molecule has 0 bridgehead atoms. The van der Waals surface area contributed by atoms with Gasteiger partial charge in [-0.05, 0) is 38.3 Å². The first-order valence-electron chi connectivity index (χ1n) is 6.06. The van der Waals surface area contributed by atoms with Gasteiger partial charge < -0.3 is 9.64 Å². The molecule has 0 radical (unpaired) electrons. The lowest BCUT2D eigenvalue weighted by Crippen LogP contribution is -2.34. The highest BCUT2D eigenvalue weighted by molar-refractivity contribution is 5.80. The van der Waals surface area contributed by atoms with Crippen molar-refractivity contribution in [2.45, 2.75) is 40.0 Å². The van der Waals surface area contributed by atoms with Crippen molar-refractivity contribution in [3.05, 3.63) is 0 Å². The number of ether oxygens (including phenoxy) is 1. The largest absolute Gasteiger partial charge is 0.469 e. The van der Waals surface area contributed by atoms with E-state index in [9.17, 15) is 4.79 Å². The molecule has 0 unspecified atom stereocenters. The number of hydrogen-bond acceptors (Lipinski definition) is 3. The molecule has 16 heavy (non-hydrogen) atoms. The average molecular weight is 227 g/mol. The summed E-state index contributed by atoms with van der Waals surface area (Å²) >= 11 is 0. The molecule has 0 aromatic heterocycles. The topological polar surface area (TPSA) is 29.5 Å². The fraction of sp³-hybridized carbons (Fsp3) is 0.923. The van der Waals surface area contributed by atoms with Crippen LogP contribution in [0.4, 0.5) is 0 Å². The molecule has 1 rings (SSSR count). The molecule has 0 atom stereocenters. The molecule has 1 aliphatic rings. The lowest BCUT2D eigenvalue weighted by atomic mass is 9.92. The molecule has 0 spiro atoms. The van der Waals surface area contributed by atoms with Crippen LogP contribution in [0, 0.1) is 10.8 Å². The van der Waals surface area contributed by atoms with Gasteiger partial charge in [0.05, 0.1) is 12.5 Å². The van der Waals surface area contributed by atoms with E-state index < -0.39 is 0 Å². The molecule has 0 aromatic carbocycles. The Hall–Kier alpha value is -0.570. The minimum absolute atomic E-state index is 0.0323. The van der Waals surface area contributed by atoms with Gasteiger partial charge in [0, 0.05) is 6.54 Å². The Morgan fingerprint density at radius 3 is 2.31 bits per heavy atom. The smallest absolute Gasteiger partial charge is 0.313 e. The zero-order valence-electron chi connectivity index (χ0n) is 11.3. The summed E-state index contributed by atoms with van der Waals surface area (Å²) in [7, 11) is 3.58. The fourth-order valence-electron chi connectivity index (χ4n) is 1.92. The first kappa shape index (κ1) is 13.5. The molecule has 3 heteroatoms. The van der Waals surface area contributed by atoms with Crippen molar-refractivity contribution in [2.24, 2.45) is 10.8 Å². The van der Waals surface area contributed by atoms with Crippen LogP contribution < -0.4 is 0 Å². The lowest BCUT2D eigenvalue weighted by molar-refractivity contribution is -0.147. The molecule has 1 saturated carbocycles. The third-order valence-corrected chi connectivity index (χ3v) is 3.29. The highest BCUT2D eigenvalue weighted by Crippen LogP contribution is 2.47. The van der Waals surface area contributed by atoms with Crippen molar-refractivity contribution < 1.29 is 9.53 Å². The van der Waals surface area contributed by atoms with Gasteiger partial charge in [0.1, 0.15) is 0 Å². The molecule has 0 aliphatic heterocycles. The van der Waals surface area contributed by atoms with E-state index in [2.05, 4.69) is 32.7 Å². The lowest BCUT2D eigenvalue weighted by Gasteiger charge is -2.26. The Labute approximate surface area is 99.1 Å². The molecule has 0 heterocycles. The minimum Gasteiger partial charge on any atom is -0.469 e. The maximum absolute atomic E-state index is 11.6. The van der Waals surface area contributed by atoms with Crippen LogP contribution in [-0.2, 0) is 9.53 Å². The molecule has 0 aromatic rings. The highest BCUT2D eigenvalue weighted by Gasteiger charge is 2.51. The van der Waals surface area contributed by atoms with Gasteiger partial charge in [0.15, 0.2) is 0 Å². The quantitative estimate of drug-likeness (QED) is 0.675. The van der Waals surface area contributed by atoms with Gasteiger partial charge in [0.25, 0.3) is 0 Å². The first-order chi connectivity index (χ1) is 7.29. The van der Waals surface area contributed by atoms with Crippen LogP contribution in [0.25, 0.3) is 0 Å². The summed E-state index contributed by atoms with van der Waals surface area (Å²) in [5.41, 5.74) is 0.178. The number of methoxy groups -OCH3 is 1. The number of carbonyl (C=O) groups excluding carboxylic acids is 1. The van der Waals surface area contributed by atoms with Crippen molar-refractivity contribution in [1.82, 2.24) is 4.90 Å². The number of nitrogens with zero attached hydrogens (tertiary/aromatic N) is 1. The van der Waals surface area contributed by atoms with Gasteiger partial charge in [-0.25, -0.2) is 0 Å². The van der Waals surface area contributed by atoms with Crippen LogP contribution >= 0.6 is 0 Å². The van der Waals surface area contributed by atoms with E-state index in [1.165, 1.54) is 7.11 Å². The molecule has 0 amide bonds. The van der Waals surface area contributed by atoms with Gasteiger partial charge in [-0.3, -0.25) is 4.79 Å². The van der Waals surface area contributed by atoms with Gasteiger partial charge in [0.2, 0.25) is 0 Å². The van der Waals surface area contributed by atoms with E-state index in [0.29, 0.717) is 5.41 Å². The Balaban J connectivity index is 2.35. The first-order valence-corrected chi connectivity index (χ1v) is 6.06. The Bertz CT molecular complexity index is 251. The van der Waals surface area contributed by atoms with E-state index in [1.807, 2.05) is 0 Å². The van der Waals surface area contributed by atoms with Gasteiger partial charge in [-0.1, -0.05) is 20.8 Å². The van der Waals surface area contributed by atoms with Crippen molar-refractivity contribution in [2.75, 3.05) is 27.2 Å². The Morgan fingerprint density at radius 2 is 1.94 bits per heavy atom. The molecule has 3 nitrogen and oxygen atoms in total. The second-order valence-corrected chi connectivity index (χ2v) is 6.32. The predicted octanol–water partition coefficient (Wildman–Crippen LogP) is 2.31. The van der Waals surface area contributed by atoms with Gasteiger partial charge >= 0.3 is 5.97 Å². The SMILES string of the molecule is COC(=O)C1(CN(C)CCC(C)(C)C)CC1. The monoisotopic (exact) mass is 227 g/mol. The van der Waals surface area contributed by atoms with Crippen molar-refractivity contribution in [3.63, 3.8) is 0 Å². The standard InChI is InChI=1S/C13H25NO2/c1-12(2,3)8-9-14(4)10-13(6-7-13)11(15)16-5/h6-10H2,1-5H3. The molecule has 0 saturated heterocycles. The van der Waals surface area contributed by atoms with E-state index in [-0.39, 0.29) is 11.4 Å². The van der Waals surface area contributed by atoms with Crippen LogP contribution in [0.3, 0.4) is 0 Å². The Morgan fingerprint density at radius 1 is 1.38 bits per heavy atom. The summed E-state index contributed by atoms with van der Waals surface area (Å²) in [6, 6.07) is 0. The summed E-state index contributed by atoms with van der Waals surface area (Å²) < 4.78 is 4.86. The second kappa shape index (κ2) is 4.74. The molecule has 1 fully saturated rings. The van der Waals surface area contributed by atoms with Crippen molar-refractivity contribution in [3.8, 4) is 0 Å². The molecular formula is C13H25NO2. The summed E-state index contributed by atoms with van der Waals surface area (Å²) in [4.78, 5) is 13.8. The second-order valence-electron chi connectivity index (χ2n) is 6.32. The maximum atomic E-state index is 11.6. The van der Waals surface area contributed by atoms with Crippen LogP contribution in [-0.4, -0.2) is 38.1 Å². The third-order valence-electron chi connectivity index (χ3n) is 3.29. The summed E-state index contributed by atoms with van der Waals surface area (Å²) in [5, 5.41) is 0. The van der Waals surface area contributed by atoms with Crippen molar-refractivity contribution >= 4 is 5.97 Å². The fourth-order valence-corrected chi connectivity index (χ4v) is 1.92. The van der Waals surface area contributed by atoms with E-state index in [1.54, 1.807) is 0 Å².